The molecule has 0 bridgehead atoms. The van der Waals surface area contributed by atoms with E-state index in [-0.39, 0.29) is 5.91 Å². The molecule has 20 heavy (non-hydrogen) atoms. The number of rotatable bonds is 4. The van der Waals surface area contributed by atoms with Crippen LogP contribution in [-0.2, 0) is 13.1 Å². The molecule has 0 unspecified atom stereocenters. The summed E-state index contributed by atoms with van der Waals surface area (Å²) < 4.78 is 2.87. The SMILES string of the molecule is CCn1cc(N)cc1C(=O)N(C)Cc1ccccc1Br. The molecule has 0 aliphatic carbocycles. The van der Waals surface area contributed by atoms with Crippen LogP contribution in [0.25, 0.3) is 0 Å². The van der Waals surface area contributed by atoms with Gasteiger partial charge in [0, 0.05) is 30.8 Å². The van der Waals surface area contributed by atoms with Gasteiger partial charge in [0.15, 0.2) is 0 Å². The standard InChI is InChI=1S/C15H18BrN3O/c1-3-19-10-12(17)8-14(19)15(20)18(2)9-11-6-4-5-7-13(11)16/h4-8,10H,3,9,17H2,1-2H3. The van der Waals surface area contributed by atoms with Gasteiger partial charge in [-0.3, -0.25) is 4.79 Å². The average molecular weight is 336 g/mol. The van der Waals surface area contributed by atoms with Crippen LogP contribution in [0.5, 0.6) is 0 Å². The van der Waals surface area contributed by atoms with E-state index in [2.05, 4.69) is 15.9 Å². The molecule has 2 N–H and O–H groups in total. The maximum atomic E-state index is 12.5. The Bertz CT molecular complexity index is 621. The predicted molar refractivity (Wildman–Crippen MR) is 84.5 cm³/mol. The number of anilines is 1. The third kappa shape index (κ3) is 3.04. The molecule has 1 aromatic heterocycles. The first-order chi connectivity index (χ1) is 9.52. The van der Waals surface area contributed by atoms with Crippen molar-refractivity contribution in [1.29, 1.82) is 0 Å². The first kappa shape index (κ1) is 14.7. The molecule has 0 aliphatic heterocycles. The number of nitrogens with two attached hydrogens (primary N) is 1. The first-order valence-corrected chi connectivity index (χ1v) is 7.26. The predicted octanol–water partition coefficient (Wildman–Crippen LogP) is 3.12. The molecular weight excluding hydrogens is 318 g/mol. The maximum absolute atomic E-state index is 12.5. The van der Waals surface area contributed by atoms with E-state index in [1.165, 1.54) is 0 Å². The van der Waals surface area contributed by atoms with Gasteiger partial charge < -0.3 is 15.2 Å². The van der Waals surface area contributed by atoms with Gasteiger partial charge in [0.1, 0.15) is 5.69 Å². The molecule has 4 nitrogen and oxygen atoms in total. The number of halogens is 1. The van der Waals surface area contributed by atoms with E-state index < -0.39 is 0 Å². The lowest BCUT2D eigenvalue weighted by atomic mass is 10.2. The number of benzene rings is 1. The van der Waals surface area contributed by atoms with Crippen molar-refractivity contribution in [2.45, 2.75) is 20.0 Å². The van der Waals surface area contributed by atoms with Crippen LogP contribution in [0.1, 0.15) is 23.0 Å². The third-order valence-corrected chi connectivity index (χ3v) is 3.96. The molecule has 0 fully saturated rings. The second-order valence-electron chi connectivity index (χ2n) is 4.70. The van der Waals surface area contributed by atoms with E-state index in [0.29, 0.717) is 17.9 Å². The Balaban J connectivity index is 2.18. The van der Waals surface area contributed by atoms with Crippen molar-refractivity contribution in [3.05, 3.63) is 52.3 Å². The Labute approximate surface area is 127 Å². The van der Waals surface area contributed by atoms with Crippen molar-refractivity contribution in [3.8, 4) is 0 Å². The van der Waals surface area contributed by atoms with Crippen molar-refractivity contribution in [2.24, 2.45) is 0 Å². The molecule has 1 heterocycles. The topological polar surface area (TPSA) is 51.3 Å². The van der Waals surface area contributed by atoms with Crippen molar-refractivity contribution >= 4 is 27.5 Å². The monoisotopic (exact) mass is 335 g/mol. The highest BCUT2D eigenvalue weighted by atomic mass is 79.9. The second kappa shape index (κ2) is 6.13. The highest BCUT2D eigenvalue weighted by Crippen LogP contribution is 2.19. The zero-order valence-electron chi connectivity index (χ0n) is 11.6. The van der Waals surface area contributed by atoms with Crippen LogP contribution >= 0.6 is 15.9 Å². The highest BCUT2D eigenvalue weighted by Gasteiger charge is 2.17. The van der Waals surface area contributed by atoms with Crippen LogP contribution in [0.4, 0.5) is 5.69 Å². The summed E-state index contributed by atoms with van der Waals surface area (Å²) in [5.41, 5.74) is 8.09. The summed E-state index contributed by atoms with van der Waals surface area (Å²) in [5.74, 6) is -0.0284. The summed E-state index contributed by atoms with van der Waals surface area (Å²) in [7, 11) is 1.80. The highest BCUT2D eigenvalue weighted by molar-refractivity contribution is 9.10. The van der Waals surface area contributed by atoms with E-state index in [1.807, 2.05) is 35.8 Å². The number of aromatic nitrogens is 1. The molecule has 0 atom stereocenters. The van der Waals surface area contributed by atoms with Gasteiger partial charge in [-0.15, -0.1) is 0 Å². The molecule has 5 heteroatoms. The number of nitrogens with zero attached hydrogens (tertiary/aromatic N) is 2. The van der Waals surface area contributed by atoms with Gasteiger partial charge >= 0.3 is 0 Å². The minimum atomic E-state index is -0.0284. The van der Waals surface area contributed by atoms with Gasteiger partial charge in [0.05, 0.1) is 5.69 Å². The minimum Gasteiger partial charge on any atom is -0.397 e. The van der Waals surface area contributed by atoms with Gasteiger partial charge in [0.2, 0.25) is 0 Å². The molecular formula is C15H18BrN3O. The zero-order chi connectivity index (χ0) is 14.7. The van der Waals surface area contributed by atoms with Crippen LogP contribution < -0.4 is 5.73 Å². The Morgan fingerprint density at radius 3 is 2.75 bits per heavy atom. The fourth-order valence-electron chi connectivity index (χ4n) is 2.12. The number of hydrogen-bond donors (Lipinski definition) is 1. The second-order valence-corrected chi connectivity index (χ2v) is 5.55. The van der Waals surface area contributed by atoms with Crippen LogP contribution in [0.3, 0.4) is 0 Å². The summed E-state index contributed by atoms with van der Waals surface area (Å²) in [6, 6.07) is 9.62. The van der Waals surface area contributed by atoms with E-state index in [9.17, 15) is 4.79 Å². The van der Waals surface area contributed by atoms with Crippen molar-refractivity contribution in [1.82, 2.24) is 9.47 Å². The zero-order valence-corrected chi connectivity index (χ0v) is 13.2. The first-order valence-electron chi connectivity index (χ1n) is 6.47. The lowest BCUT2D eigenvalue weighted by Crippen LogP contribution is -2.28. The Morgan fingerprint density at radius 2 is 2.10 bits per heavy atom. The molecule has 0 spiro atoms. The molecule has 1 aromatic carbocycles. The summed E-state index contributed by atoms with van der Waals surface area (Å²) in [6.45, 7) is 3.26. The van der Waals surface area contributed by atoms with Crippen molar-refractivity contribution in [3.63, 3.8) is 0 Å². The molecule has 0 saturated heterocycles. The fourth-order valence-corrected chi connectivity index (χ4v) is 2.53. The number of hydrogen-bond acceptors (Lipinski definition) is 2. The quantitative estimate of drug-likeness (QED) is 0.933. The number of nitrogen functional groups attached to an aromatic ring is 1. The van der Waals surface area contributed by atoms with E-state index >= 15 is 0 Å². The van der Waals surface area contributed by atoms with Crippen LogP contribution in [0.15, 0.2) is 41.0 Å². The summed E-state index contributed by atoms with van der Waals surface area (Å²) in [5, 5.41) is 0. The Hall–Kier alpha value is -1.75. The average Bonchev–Trinajstić information content (AvgIpc) is 2.81. The van der Waals surface area contributed by atoms with Gasteiger partial charge in [-0.25, -0.2) is 0 Å². The Morgan fingerprint density at radius 1 is 1.40 bits per heavy atom. The number of amides is 1. The summed E-state index contributed by atoms with van der Waals surface area (Å²) >= 11 is 3.50. The molecule has 0 aliphatic rings. The largest absolute Gasteiger partial charge is 0.397 e. The van der Waals surface area contributed by atoms with Gasteiger partial charge in [-0.1, -0.05) is 34.1 Å². The smallest absolute Gasteiger partial charge is 0.270 e. The van der Waals surface area contributed by atoms with Gasteiger partial charge in [-0.2, -0.15) is 0 Å². The Kier molecular flexibility index (Phi) is 4.49. The number of carbonyl (C=O) groups is 1. The number of carbonyl (C=O) groups excluding carboxylic acids is 1. The molecule has 106 valence electrons. The van der Waals surface area contributed by atoms with Crippen LogP contribution in [0.2, 0.25) is 0 Å². The van der Waals surface area contributed by atoms with Crippen LogP contribution in [-0.4, -0.2) is 22.4 Å². The van der Waals surface area contributed by atoms with E-state index in [1.54, 1.807) is 24.2 Å². The molecule has 0 radical (unpaired) electrons. The minimum absolute atomic E-state index is 0.0284. The van der Waals surface area contributed by atoms with Gasteiger partial charge in [-0.05, 0) is 24.6 Å². The lowest BCUT2D eigenvalue weighted by molar-refractivity contribution is 0.0774. The van der Waals surface area contributed by atoms with E-state index in [0.717, 1.165) is 16.6 Å². The summed E-state index contributed by atoms with van der Waals surface area (Å²) in [6.07, 6.45) is 1.79. The molecule has 2 aromatic rings. The maximum Gasteiger partial charge on any atom is 0.270 e. The third-order valence-electron chi connectivity index (χ3n) is 3.19. The lowest BCUT2D eigenvalue weighted by Gasteiger charge is -2.19. The van der Waals surface area contributed by atoms with Crippen molar-refractivity contribution < 1.29 is 4.79 Å². The van der Waals surface area contributed by atoms with Crippen LogP contribution in [0, 0.1) is 0 Å². The normalized spacial score (nSPS) is 10.6. The fraction of sp³-hybridized carbons (Fsp3) is 0.267. The van der Waals surface area contributed by atoms with Crippen molar-refractivity contribution in [2.75, 3.05) is 12.8 Å². The van der Waals surface area contributed by atoms with Gasteiger partial charge in [0.25, 0.3) is 5.91 Å². The molecule has 0 saturated carbocycles. The van der Waals surface area contributed by atoms with E-state index in [4.69, 9.17) is 5.73 Å². The molecule has 1 amide bonds. The molecule has 2 rings (SSSR count). The number of aryl methyl sites for hydroxylation is 1. The summed E-state index contributed by atoms with van der Waals surface area (Å²) in [4.78, 5) is 14.2.